The van der Waals surface area contributed by atoms with Gasteiger partial charge in [-0.2, -0.15) is 0 Å². The van der Waals surface area contributed by atoms with E-state index in [0.717, 1.165) is 18.3 Å². The average Bonchev–Trinajstić information content (AvgIpc) is 2.26. The molecule has 1 aromatic rings. The zero-order chi connectivity index (χ0) is 12.2. The standard InChI is InChI=1S/C8H10N2O5S/c1-2-15-10-16(13,14)7-4-3-6(5-9-7)8(11)12/h3-5,10H,2H2,1H3,(H,11,12). The van der Waals surface area contributed by atoms with Crippen LogP contribution in [0.5, 0.6) is 0 Å². The minimum atomic E-state index is -3.84. The lowest BCUT2D eigenvalue weighted by atomic mass is 10.3. The molecule has 0 saturated heterocycles. The van der Waals surface area contributed by atoms with Crippen molar-refractivity contribution in [3.63, 3.8) is 0 Å². The second kappa shape index (κ2) is 5.01. The van der Waals surface area contributed by atoms with Gasteiger partial charge in [0.05, 0.1) is 12.2 Å². The summed E-state index contributed by atoms with van der Waals surface area (Å²) in [5.41, 5.74) is -0.0876. The number of pyridine rings is 1. The molecule has 0 radical (unpaired) electrons. The van der Waals surface area contributed by atoms with Crippen molar-refractivity contribution in [2.75, 3.05) is 6.61 Å². The maximum Gasteiger partial charge on any atom is 0.337 e. The highest BCUT2D eigenvalue weighted by Gasteiger charge is 2.16. The van der Waals surface area contributed by atoms with Gasteiger partial charge in [0.15, 0.2) is 5.03 Å². The van der Waals surface area contributed by atoms with Gasteiger partial charge < -0.3 is 5.11 Å². The number of nitrogens with zero attached hydrogens (tertiary/aromatic N) is 1. The molecule has 8 heteroatoms. The first kappa shape index (κ1) is 12.6. The van der Waals surface area contributed by atoms with Crippen LogP contribution in [0.25, 0.3) is 0 Å². The van der Waals surface area contributed by atoms with Gasteiger partial charge in [0.1, 0.15) is 0 Å². The molecular weight excluding hydrogens is 236 g/mol. The van der Waals surface area contributed by atoms with Crippen molar-refractivity contribution in [1.82, 2.24) is 9.87 Å². The van der Waals surface area contributed by atoms with Gasteiger partial charge in [0, 0.05) is 6.20 Å². The van der Waals surface area contributed by atoms with Gasteiger partial charge in [0.25, 0.3) is 10.0 Å². The Labute approximate surface area is 92.1 Å². The van der Waals surface area contributed by atoms with Crippen LogP contribution in [0.1, 0.15) is 17.3 Å². The summed E-state index contributed by atoms with van der Waals surface area (Å²) in [6, 6.07) is 2.24. The van der Waals surface area contributed by atoms with Crippen LogP contribution < -0.4 is 4.89 Å². The van der Waals surface area contributed by atoms with E-state index in [2.05, 4.69) is 9.82 Å². The van der Waals surface area contributed by atoms with E-state index in [4.69, 9.17) is 5.11 Å². The van der Waals surface area contributed by atoms with Crippen molar-refractivity contribution in [3.05, 3.63) is 23.9 Å². The van der Waals surface area contributed by atoms with Gasteiger partial charge in [-0.1, -0.05) is 4.89 Å². The highest BCUT2D eigenvalue weighted by atomic mass is 32.2. The van der Waals surface area contributed by atoms with Crippen molar-refractivity contribution in [3.8, 4) is 0 Å². The molecule has 7 nitrogen and oxygen atoms in total. The number of hydrogen-bond acceptors (Lipinski definition) is 5. The fourth-order valence-corrected chi connectivity index (χ4v) is 1.64. The van der Waals surface area contributed by atoms with Gasteiger partial charge in [0.2, 0.25) is 0 Å². The Morgan fingerprint density at radius 3 is 2.69 bits per heavy atom. The SMILES string of the molecule is CCONS(=O)(=O)c1ccc(C(=O)O)cn1. The second-order valence-electron chi connectivity index (χ2n) is 2.71. The number of rotatable bonds is 5. The lowest BCUT2D eigenvalue weighted by Gasteiger charge is -2.04. The topological polar surface area (TPSA) is 106 Å². The Kier molecular flexibility index (Phi) is 3.93. The summed E-state index contributed by atoms with van der Waals surface area (Å²) < 4.78 is 22.9. The van der Waals surface area contributed by atoms with Crippen molar-refractivity contribution < 1.29 is 23.2 Å². The summed E-state index contributed by atoms with van der Waals surface area (Å²) >= 11 is 0. The molecule has 0 spiro atoms. The van der Waals surface area contributed by atoms with Crippen molar-refractivity contribution in [1.29, 1.82) is 0 Å². The molecule has 16 heavy (non-hydrogen) atoms. The first-order valence-corrected chi connectivity index (χ1v) is 5.78. The Bertz CT molecular complexity index is 468. The number of aromatic carboxylic acids is 1. The quantitative estimate of drug-likeness (QED) is 0.709. The van der Waals surface area contributed by atoms with Crippen LogP contribution in [0, 0.1) is 0 Å². The lowest BCUT2D eigenvalue weighted by molar-refractivity contribution is 0.0696. The van der Waals surface area contributed by atoms with E-state index in [-0.39, 0.29) is 17.2 Å². The third-order valence-corrected chi connectivity index (χ3v) is 2.70. The molecule has 0 atom stereocenters. The Hall–Kier alpha value is -1.51. The van der Waals surface area contributed by atoms with E-state index in [1.807, 2.05) is 4.89 Å². The minimum absolute atomic E-state index is 0.0876. The maximum atomic E-state index is 11.4. The summed E-state index contributed by atoms with van der Waals surface area (Å²) in [7, 11) is -3.84. The fraction of sp³-hybridized carbons (Fsp3) is 0.250. The number of carboxylic acids is 1. The average molecular weight is 246 g/mol. The maximum absolute atomic E-state index is 11.4. The van der Waals surface area contributed by atoms with Crippen LogP contribution in [-0.2, 0) is 14.9 Å². The van der Waals surface area contributed by atoms with Crippen LogP contribution in [0.3, 0.4) is 0 Å². The molecule has 0 fully saturated rings. The number of nitrogens with one attached hydrogen (secondary N) is 1. The third-order valence-electron chi connectivity index (χ3n) is 1.57. The molecule has 1 heterocycles. The largest absolute Gasteiger partial charge is 0.478 e. The predicted octanol–water partition coefficient (Wildman–Crippen LogP) is 0.00960. The first-order valence-electron chi connectivity index (χ1n) is 4.30. The molecule has 0 bridgehead atoms. The zero-order valence-corrected chi connectivity index (χ0v) is 9.19. The zero-order valence-electron chi connectivity index (χ0n) is 8.37. The number of hydrogen-bond donors (Lipinski definition) is 2. The summed E-state index contributed by atoms with van der Waals surface area (Å²) in [6.45, 7) is 1.79. The summed E-state index contributed by atoms with van der Waals surface area (Å²) in [4.78, 5) is 20.4. The number of sulfonamides is 1. The lowest BCUT2D eigenvalue weighted by Crippen LogP contribution is -2.24. The minimum Gasteiger partial charge on any atom is -0.478 e. The smallest absolute Gasteiger partial charge is 0.337 e. The third kappa shape index (κ3) is 2.99. The molecule has 2 N–H and O–H groups in total. The molecule has 0 saturated carbocycles. The van der Waals surface area contributed by atoms with Gasteiger partial charge in [-0.25, -0.2) is 18.2 Å². The molecule has 0 amide bonds. The molecule has 1 rings (SSSR count). The Morgan fingerprint density at radius 1 is 1.56 bits per heavy atom. The molecule has 0 aliphatic heterocycles. The molecule has 88 valence electrons. The molecular formula is C8H10N2O5S. The van der Waals surface area contributed by atoms with Crippen molar-refractivity contribution >= 4 is 16.0 Å². The predicted molar refractivity (Wildman–Crippen MR) is 53.1 cm³/mol. The van der Waals surface area contributed by atoms with E-state index in [1.165, 1.54) is 0 Å². The number of carboxylic acid groups (broad SMARTS) is 1. The van der Waals surface area contributed by atoms with Crippen LogP contribution in [0.4, 0.5) is 0 Å². The number of aromatic nitrogens is 1. The van der Waals surface area contributed by atoms with Gasteiger partial charge >= 0.3 is 5.97 Å². The van der Waals surface area contributed by atoms with E-state index in [1.54, 1.807) is 6.92 Å². The van der Waals surface area contributed by atoms with Crippen molar-refractivity contribution in [2.24, 2.45) is 0 Å². The van der Waals surface area contributed by atoms with Crippen LogP contribution >= 0.6 is 0 Å². The number of carbonyl (C=O) groups is 1. The molecule has 0 aliphatic carbocycles. The molecule has 0 aromatic carbocycles. The highest BCUT2D eigenvalue weighted by molar-refractivity contribution is 7.89. The van der Waals surface area contributed by atoms with Crippen LogP contribution in [0.15, 0.2) is 23.4 Å². The Balaban J connectivity index is 2.93. The molecule has 1 aromatic heterocycles. The molecule has 0 unspecified atom stereocenters. The second-order valence-corrected chi connectivity index (χ2v) is 4.30. The monoisotopic (exact) mass is 246 g/mol. The normalized spacial score (nSPS) is 11.3. The van der Waals surface area contributed by atoms with Crippen LogP contribution in [-0.4, -0.2) is 31.1 Å². The fourth-order valence-electron chi connectivity index (χ4n) is 0.845. The van der Waals surface area contributed by atoms with Gasteiger partial charge in [-0.3, -0.25) is 4.84 Å². The first-order chi connectivity index (χ1) is 7.47. The summed E-state index contributed by atoms with van der Waals surface area (Å²) in [5.74, 6) is -1.17. The van der Waals surface area contributed by atoms with Gasteiger partial charge in [-0.05, 0) is 19.1 Å². The Morgan fingerprint density at radius 2 is 2.25 bits per heavy atom. The van der Waals surface area contributed by atoms with E-state index >= 15 is 0 Å². The van der Waals surface area contributed by atoms with Gasteiger partial charge in [-0.15, -0.1) is 0 Å². The van der Waals surface area contributed by atoms with Crippen molar-refractivity contribution in [2.45, 2.75) is 11.9 Å². The summed E-state index contributed by atoms with van der Waals surface area (Å²) in [6.07, 6.45) is 0.961. The highest BCUT2D eigenvalue weighted by Crippen LogP contribution is 2.06. The van der Waals surface area contributed by atoms with Crippen LogP contribution in [0.2, 0.25) is 0 Å². The molecule has 0 aliphatic rings. The van der Waals surface area contributed by atoms with E-state index in [9.17, 15) is 13.2 Å². The van der Waals surface area contributed by atoms with E-state index in [0.29, 0.717) is 0 Å². The summed E-state index contributed by atoms with van der Waals surface area (Å²) in [5, 5.41) is 8.29. The van der Waals surface area contributed by atoms with E-state index < -0.39 is 16.0 Å².